The van der Waals surface area contributed by atoms with Crippen LogP contribution in [0.3, 0.4) is 0 Å². The van der Waals surface area contributed by atoms with Crippen LogP contribution in [-0.2, 0) is 14.3 Å². The molecule has 0 aromatic rings. The average molecular weight is 283 g/mol. The molecular formula is C12H20F3NO3. The summed E-state index contributed by atoms with van der Waals surface area (Å²) in [6.07, 6.45) is -3.86. The molecule has 0 aromatic carbocycles. The Morgan fingerprint density at radius 1 is 1.32 bits per heavy atom. The molecule has 0 spiro atoms. The molecule has 1 rings (SSSR count). The SMILES string of the molecule is COC(CNC(=O)C1CCCC(C(F)(F)F)C1)OC. The van der Waals surface area contributed by atoms with Crippen molar-refractivity contribution in [1.82, 2.24) is 5.32 Å². The van der Waals surface area contributed by atoms with E-state index < -0.39 is 24.3 Å². The van der Waals surface area contributed by atoms with Crippen LogP contribution >= 0.6 is 0 Å². The summed E-state index contributed by atoms with van der Waals surface area (Å²) >= 11 is 0. The summed E-state index contributed by atoms with van der Waals surface area (Å²) < 4.78 is 47.7. The molecule has 1 saturated carbocycles. The van der Waals surface area contributed by atoms with Gasteiger partial charge in [-0.3, -0.25) is 4.79 Å². The van der Waals surface area contributed by atoms with E-state index in [4.69, 9.17) is 9.47 Å². The molecule has 7 heteroatoms. The third-order valence-corrected chi connectivity index (χ3v) is 3.48. The smallest absolute Gasteiger partial charge is 0.354 e. The summed E-state index contributed by atoms with van der Waals surface area (Å²) in [6.45, 7) is 0.138. The van der Waals surface area contributed by atoms with Crippen LogP contribution in [0.4, 0.5) is 13.2 Å². The van der Waals surface area contributed by atoms with Gasteiger partial charge in [0, 0.05) is 20.1 Å². The van der Waals surface area contributed by atoms with Gasteiger partial charge in [-0.25, -0.2) is 0 Å². The highest BCUT2D eigenvalue weighted by atomic mass is 19.4. The number of halogens is 3. The van der Waals surface area contributed by atoms with Crippen molar-refractivity contribution in [1.29, 1.82) is 0 Å². The molecule has 0 radical (unpaired) electrons. The Hall–Kier alpha value is -0.820. The molecular weight excluding hydrogens is 263 g/mol. The third-order valence-electron chi connectivity index (χ3n) is 3.48. The molecule has 0 bridgehead atoms. The maximum absolute atomic E-state index is 12.6. The zero-order valence-electron chi connectivity index (χ0n) is 11.1. The Kier molecular flexibility index (Phi) is 6.06. The first-order valence-corrected chi connectivity index (χ1v) is 6.28. The lowest BCUT2D eigenvalue weighted by Gasteiger charge is -2.30. The van der Waals surface area contributed by atoms with Crippen molar-refractivity contribution in [3.63, 3.8) is 0 Å². The molecule has 1 aliphatic carbocycles. The number of alkyl halides is 3. The van der Waals surface area contributed by atoms with Crippen LogP contribution < -0.4 is 5.32 Å². The lowest BCUT2D eigenvalue weighted by atomic mass is 9.80. The summed E-state index contributed by atoms with van der Waals surface area (Å²) in [7, 11) is 2.86. The van der Waals surface area contributed by atoms with Crippen LogP contribution in [-0.4, -0.2) is 39.1 Å². The van der Waals surface area contributed by atoms with Gasteiger partial charge >= 0.3 is 6.18 Å². The normalized spacial score (nSPS) is 24.5. The highest BCUT2D eigenvalue weighted by Gasteiger charge is 2.43. The zero-order chi connectivity index (χ0) is 14.5. The number of amides is 1. The lowest BCUT2D eigenvalue weighted by Crippen LogP contribution is -2.40. The second-order valence-corrected chi connectivity index (χ2v) is 4.75. The first kappa shape index (κ1) is 16.2. The van der Waals surface area contributed by atoms with Gasteiger partial charge in [0.25, 0.3) is 0 Å². The Balaban J connectivity index is 2.44. The van der Waals surface area contributed by atoms with Gasteiger partial charge in [0.15, 0.2) is 6.29 Å². The molecule has 1 amide bonds. The number of rotatable bonds is 5. The van der Waals surface area contributed by atoms with E-state index in [1.165, 1.54) is 14.2 Å². The summed E-state index contributed by atoms with van der Waals surface area (Å²) in [5.74, 6) is -2.29. The quantitative estimate of drug-likeness (QED) is 0.786. The van der Waals surface area contributed by atoms with E-state index in [0.717, 1.165) is 0 Å². The van der Waals surface area contributed by atoms with Crippen molar-refractivity contribution in [2.24, 2.45) is 11.8 Å². The predicted molar refractivity (Wildman–Crippen MR) is 62.3 cm³/mol. The zero-order valence-corrected chi connectivity index (χ0v) is 11.1. The van der Waals surface area contributed by atoms with Crippen molar-refractivity contribution < 1.29 is 27.4 Å². The van der Waals surface area contributed by atoms with Crippen molar-refractivity contribution in [3.05, 3.63) is 0 Å². The molecule has 4 nitrogen and oxygen atoms in total. The summed E-state index contributed by atoms with van der Waals surface area (Å²) in [4.78, 5) is 11.8. The van der Waals surface area contributed by atoms with E-state index in [0.29, 0.717) is 12.8 Å². The summed E-state index contributed by atoms with van der Waals surface area (Å²) in [5, 5.41) is 2.57. The maximum Gasteiger partial charge on any atom is 0.391 e. The van der Waals surface area contributed by atoms with E-state index in [2.05, 4.69) is 5.32 Å². The van der Waals surface area contributed by atoms with Crippen molar-refractivity contribution >= 4 is 5.91 Å². The molecule has 19 heavy (non-hydrogen) atoms. The monoisotopic (exact) mass is 283 g/mol. The number of nitrogens with one attached hydrogen (secondary N) is 1. The Labute approximate surface area is 110 Å². The molecule has 1 aliphatic rings. The van der Waals surface area contributed by atoms with E-state index in [1.807, 2.05) is 0 Å². The molecule has 0 saturated heterocycles. The number of methoxy groups -OCH3 is 2. The first-order valence-electron chi connectivity index (χ1n) is 6.28. The first-order chi connectivity index (χ1) is 8.88. The predicted octanol–water partition coefficient (Wildman–Crippen LogP) is 2.09. The fraction of sp³-hybridized carbons (Fsp3) is 0.917. The van der Waals surface area contributed by atoms with Crippen LogP contribution in [0, 0.1) is 11.8 Å². The number of hydrogen-bond acceptors (Lipinski definition) is 3. The van der Waals surface area contributed by atoms with Crippen LogP contribution in [0.1, 0.15) is 25.7 Å². The minimum absolute atomic E-state index is 0.117. The lowest BCUT2D eigenvalue weighted by molar-refractivity contribution is -0.186. The third kappa shape index (κ3) is 4.99. The van der Waals surface area contributed by atoms with Crippen LogP contribution in [0.5, 0.6) is 0 Å². The number of hydrogen-bond donors (Lipinski definition) is 1. The average Bonchev–Trinajstić information content (AvgIpc) is 2.39. The number of ether oxygens (including phenoxy) is 2. The van der Waals surface area contributed by atoms with Crippen molar-refractivity contribution in [2.45, 2.75) is 38.1 Å². The Morgan fingerprint density at radius 2 is 1.95 bits per heavy atom. The van der Waals surface area contributed by atoms with E-state index in [-0.39, 0.29) is 25.3 Å². The van der Waals surface area contributed by atoms with Gasteiger partial charge in [-0.2, -0.15) is 13.2 Å². The molecule has 2 atom stereocenters. The second-order valence-electron chi connectivity index (χ2n) is 4.75. The molecule has 0 aliphatic heterocycles. The van der Waals surface area contributed by atoms with Gasteiger partial charge in [-0.05, 0) is 19.3 Å². The minimum atomic E-state index is -4.21. The van der Waals surface area contributed by atoms with Gasteiger partial charge in [0.2, 0.25) is 5.91 Å². The molecule has 1 fully saturated rings. The van der Waals surface area contributed by atoms with Gasteiger partial charge < -0.3 is 14.8 Å². The summed E-state index contributed by atoms with van der Waals surface area (Å²) in [5.41, 5.74) is 0. The van der Waals surface area contributed by atoms with Gasteiger partial charge in [-0.1, -0.05) is 6.42 Å². The van der Waals surface area contributed by atoms with E-state index >= 15 is 0 Å². The molecule has 2 unspecified atom stereocenters. The highest BCUT2D eigenvalue weighted by Crippen LogP contribution is 2.39. The molecule has 1 N–H and O–H groups in total. The van der Waals surface area contributed by atoms with Crippen LogP contribution in [0.15, 0.2) is 0 Å². The fourth-order valence-electron chi connectivity index (χ4n) is 2.32. The molecule has 0 aromatic heterocycles. The van der Waals surface area contributed by atoms with Crippen LogP contribution in [0.2, 0.25) is 0 Å². The summed E-state index contributed by atoms with van der Waals surface area (Å²) in [6, 6.07) is 0. The number of carbonyl (C=O) groups is 1. The van der Waals surface area contributed by atoms with Crippen LogP contribution in [0.25, 0.3) is 0 Å². The topological polar surface area (TPSA) is 47.6 Å². The highest BCUT2D eigenvalue weighted by molar-refractivity contribution is 5.78. The standard InChI is InChI=1S/C12H20F3NO3/c1-18-10(19-2)7-16-11(17)8-4-3-5-9(6-8)12(13,14)15/h8-10H,3-7H2,1-2H3,(H,16,17). The minimum Gasteiger partial charge on any atom is -0.354 e. The van der Waals surface area contributed by atoms with Gasteiger partial charge in [-0.15, -0.1) is 0 Å². The molecule has 112 valence electrons. The molecule has 0 heterocycles. The van der Waals surface area contributed by atoms with Gasteiger partial charge in [0.05, 0.1) is 12.5 Å². The largest absolute Gasteiger partial charge is 0.391 e. The van der Waals surface area contributed by atoms with Crippen molar-refractivity contribution in [2.75, 3.05) is 20.8 Å². The van der Waals surface area contributed by atoms with Gasteiger partial charge in [0.1, 0.15) is 0 Å². The van der Waals surface area contributed by atoms with Crippen molar-refractivity contribution in [3.8, 4) is 0 Å². The Morgan fingerprint density at radius 3 is 2.47 bits per heavy atom. The maximum atomic E-state index is 12.6. The Bertz CT molecular complexity index is 292. The second kappa shape index (κ2) is 7.09. The van der Waals surface area contributed by atoms with E-state index in [9.17, 15) is 18.0 Å². The fourth-order valence-corrected chi connectivity index (χ4v) is 2.32. The number of carbonyl (C=O) groups excluding carboxylic acids is 1. The van der Waals surface area contributed by atoms with E-state index in [1.54, 1.807) is 0 Å².